The van der Waals surface area contributed by atoms with E-state index in [0.717, 1.165) is 19.0 Å². The molecule has 1 saturated carbocycles. The summed E-state index contributed by atoms with van der Waals surface area (Å²) in [5.74, 6) is -0.00579. The third-order valence-corrected chi connectivity index (χ3v) is 7.14. The molecule has 3 atom stereocenters. The van der Waals surface area contributed by atoms with Crippen molar-refractivity contribution in [3.63, 3.8) is 0 Å². The van der Waals surface area contributed by atoms with E-state index in [-0.39, 0.29) is 29.5 Å². The third-order valence-electron chi connectivity index (χ3n) is 7.14. The summed E-state index contributed by atoms with van der Waals surface area (Å²) in [6, 6.07) is 10.9. The van der Waals surface area contributed by atoms with E-state index >= 15 is 0 Å². The summed E-state index contributed by atoms with van der Waals surface area (Å²) in [6.07, 6.45) is 2.42. The van der Waals surface area contributed by atoms with Gasteiger partial charge in [-0.05, 0) is 61.9 Å². The first-order valence-electron chi connectivity index (χ1n) is 12.6. The van der Waals surface area contributed by atoms with E-state index in [1.165, 1.54) is 31.0 Å². The molecule has 0 unspecified atom stereocenters. The second kappa shape index (κ2) is 11.4. The Bertz CT molecular complexity index is 1090. The number of nitrogens with zero attached hydrogens (tertiary/aromatic N) is 2. The number of hydrogen-bond donors (Lipinski definition) is 1. The average Bonchev–Trinajstić information content (AvgIpc) is 3.69. The molecule has 4 rings (SSSR count). The van der Waals surface area contributed by atoms with Crippen molar-refractivity contribution in [2.24, 2.45) is 11.8 Å². The first kappa shape index (κ1) is 26.1. The lowest BCUT2D eigenvalue weighted by molar-refractivity contribution is 0.00994. The van der Waals surface area contributed by atoms with E-state index in [1.54, 1.807) is 43.3 Å². The zero-order chi connectivity index (χ0) is 25.8. The molecule has 0 bridgehead atoms. The maximum atomic E-state index is 14.1. The molecular formula is C28H36FN3O4. The molecule has 194 valence electrons. The molecule has 1 heterocycles. The van der Waals surface area contributed by atoms with Gasteiger partial charge in [0.15, 0.2) is 0 Å². The number of ether oxygens (including phenoxy) is 2. The average molecular weight is 498 g/mol. The number of likely N-dealkylation sites (N-methyl/N-ethyl adjacent to an activating group) is 1. The highest BCUT2D eigenvalue weighted by Gasteiger charge is 2.31. The van der Waals surface area contributed by atoms with Crippen LogP contribution >= 0.6 is 0 Å². The van der Waals surface area contributed by atoms with E-state index in [2.05, 4.69) is 24.1 Å². The molecule has 0 spiro atoms. The summed E-state index contributed by atoms with van der Waals surface area (Å²) in [5.41, 5.74) is 0.666. The van der Waals surface area contributed by atoms with Gasteiger partial charge >= 0.3 is 0 Å². The van der Waals surface area contributed by atoms with E-state index in [0.29, 0.717) is 30.2 Å². The SMILES string of the molecule is CO[C@@H]1CN(C)C(=O)c2cc(NC(=O)c3ccccc3F)ccc2OC[C@@H](C)N(CC2CC2)C[C@H]1C. The van der Waals surface area contributed by atoms with Crippen LogP contribution in [0.4, 0.5) is 10.1 Å². The largest absolute Gasteiger partial charge is 0.491 e. The fraction of sp³-hybridized carbons (Fsp3) is 0.500. The molecule has 1 aliphatic carbocycles. The number of halogens is 1. The number of rotatable bonds is 5. The summed E-state index contributed by atoms with van der Waals surface area (Å²) in [6.45, 7) is 7.08. The minimum atomic E-state index is -0.607. The lowest BCUT2D eigenvalue weighted by Gasteiger charge is -2.36. The fourth-order valence-electron chi connectivity index (χ4n) is 4.66. The Morgan fingerprint density at radius 1 is 1.17 bits per heavy atom. The molecule has 2 amide bonds. The Kier molecular flexibility index (Phi) is 8.26. The Balaban J connectivity index is 1.61. The molecule has 8 heteroatoms. The predicted molar refractivity (Wildman–Crippen MR) is 137 cm³/mol. The third kappa shape index (κ3) is 6.23. The van der Waals surface area contributed by atoms with Crippen LogP contribution in [0.15, 0.2) is 42.5 Å². The fourth-order valence-corrected chi connectivity index (χ4v) is 4.66. The first-order chi connectivity index (χ1) is 17.3. The van der Waals surface area contributed by atoms with Gasteiger partial charge in [-0.3, -0.25) is 14.5 Å². The number of fused-ring (bicyclic) bond motifs is 1. The summed E-state index contributed by atoms with van der Waals surface area (Å²) in [4.78, 5) is 30.2. The molecule has 1 N–H and O–H groups in total. The van der Waals surface area contributed by atoms with Crippen LogP contribution in [0.3, 0.4) is 0 Å². The monoisotopic (exact) mass is 497 g/mol. The molecule has 1 fully saturated rings. The Labute approximate surface area is 212 Å². The van der Waals surface area contributed by atoms with Gasteiger partial charge in [0.05, 0.1) is 17.2 Å². The number of benzene rings is 2. The van der Waals surface area contributed by atoms with Crippen LogP contribution in [0.1, 0.15) is 47.4 Å². The van der Waals surface area contributed by atoms with E-state index in [1.807, 2.05) is 0 Å². The van der Waals surface area contributed by atoms with E-state index < -0.39 is 11.7 Å². The van der Waals surface area contributed by atoms with Crippen LogP contribution in [0.25, 0.3) is 0 Å². The second-order valence-corrected chi connectivity index (χ2v) is 10.1. The van der Waals surface area contributed by atoms with Gasteiger partial charge < -0.3 is 19.7 Å². The van der Waals surface area contributed by atoms with Crippen LogP contribution in [0.5, 0.6) is 5.75 Å². The predicted octanol–water partition coefficient (Wildman–Crippen LogP) is 4.29. The van der Waals surface area contributed by atoms with Crippen molar-refractivity contribution in [2.75, 3.05) is 45.7 Å². The number of carbonyl (C=O) groups excluding carboxylic acids is 2. The van der Waals surface area contributed by atoms with Crippen molar-refractivity contribution in [3.8, 4) is 5.75 Å². The highest BCUT2D eigenvalue weighted by Crippen LogP contribution is 2.32. The van der Waals surface area contributed by atoms with Gasteiger partial charge in [-0.15, -0.1) is 0 Å². The Morgan fingerprint density at radius 2 is 1.92 bits per heavy atom. The molecular weight excluding hydrogens is 461 g/mol. The molecule has 0 radical (unpaired) electrons. The summed E-state index contributed by atoms with van der Waals surface area (Å²) in [5, 5.41) is 2.70. The van der Waals surface area contributed by atoms with Gasteiger partial charge in [-0.2, -0.15) is 0 Å². The Morgan fingerprint density at radius 3 is 2.61 bits per heavy atom. The van der Waals surface area contributed by atoms with Crippen molar-refractivity contribution in [1.82, 2.24) is 9.80 Å². The highest BCUT2D eigenvalue weighted by atomic mass is 19.1. The van der Waals surface area contributed by atoms with Crippen LogP contribution in [0, 0.1) is 17.7 Å². The van der Waals surface area contributed by atoms with Gasteiger partial charge in [0, 0.05) is 45.5 Å². The summed E-state index contributed by atoms with van der Waals surface area (Å²) in [7, 11) is 3.43. The minimum Gasteiger partial charge on any atom is -0.491 e. The topological polar surface area (TPSA) is 71.1 Å². The van der Waals surface area contributed by atoms with Crippen LogP contribution in [0.2, 0.25) is 0 Å². The molecule has 36 heavy (non-hydrogen) atoms. The smallest absolute Gasteiger partial charge is 0.258 e. The minimum absolute atomic E-state index is 0.0635. The summed E-state index contributed by atoms with van der Waals surface area (Å²) >= 11 is 0. The van der Waals surface area contributed by atoms with Crippen molar-refractivity contribution in [2.45, 2.75) is 38.8 Å². The quantitative estimate of drug-likeness (QED) is 0.667. The van der Waals surface area contributed by atoms with Gasteiger partial charge in [0.1, 0.15) is 18.2 Å². The van der Waals surface area contributed by atoms with E-state index in [4.69, 9.17) is 9.47 Å². The molecule has 2 aliphatic rings. The number of amides is 2. The maximum Gasteiger partial charge on any atom is 0.258 e. The number of nitrogens with one attached hydrogen (secondary N) is 1. The van der Waals surface area contributed by atoms with E-state index in [9.17, 15) is 14.0 Å². The molecule has 2 aromatic rings. The molecule has 0 aromatic heterocycles. The normalized spacial score (nSPS) is 23.8. The number of carbonyl (C=O) groups is 2. The second-order valence-electron chi connectivity index (χ2n) is 10.1. The van der Waals surface area contributed by atoms with Gasteiger partial charge in [-0.1, -0.05) is 19.1 Å². The van der Waals surface area contributed by atoms with Crippen molar-refractivity contribution in [3.05, 3.63) is 59.4 Å². The lowest BCUT2D eigenvalue weighted by Crippen LogP contribution is -2.47. The lowest BCUT2D eigenvalue weighted by atomic mass is 10.0. The van der Waals surface area contributed by atoms with Crippen molar-refractivity contribution >= 4 is 17.5 Å². The standard InChI is InChI=1S/C28H36FN3O4/c1-18-14-32(15-20-9-10-20)19(2)17-36-25-12-11-21(30-27(33)22-7-5-6-8-24(22)29)13-23(25)28(34)31(3)16-26(18)35-4/h5-8,11-13,18-20,26H,9-10,14-17H2,1-4H3,(H,30,33)/t18-,19-,26-/m1/s1. The van der Waals surface area contributed by atoms with Gasteiger partial charge in [-0.25, -0.2) is 4.39 Å². The highest BCUT2D eigenvalue weighted by molar-refractivity contribution is 6.05. The molecule has 0 saturated heterocycles. The molecule has 1 aliphatic heterocycles. The zero-order valence-electron chi connectivity index (χ0n) is 21.5. The maximum absolute atomic E-state index is 14.1. The van der Waals surface area contributed by atoms with Gasteiger partial charge in [0.25, 0.3) is 11.8 Å². The number of methoxy groups -OCH3 is 1. The van der Waals surface area contributed by atoms with Crippen LogP contribution in [-0.2, 0) is 4.74 Å². The first-order valence-corrected chi connectivity index (χ1v) is 12.6. The summed E-state index contributed by atoms with van der Waals surface area (Å²) < 4.78 is 26.1. The zero-order valence-corrected chi connectivity index (χ0v) is 21.5. The van der Waals surface area contributed by atoms with Crippen LogP contribution < -0.4 is 10.1 Å². The molecule has 2 aromatic carbocycles. The van der Waals surface area contributed by atoms with Gasteiger partial charge in [0.2, 0.25) is 0 Å². The van der Waals surface area contributed by atoms with Crippen molar-refractivity contribution in [1.29, 1.82) is 0 Å². The van der Waals surface area contributed by atoms with Crippen molar-refractivity contribution < 1.29 is 23.5 Å². The molecule has 7 nitrogen and oxygen atoms in total. The van der Waals surface area contributed by atoms with Crippen LogP contribution in [-0.4, -0.2) is 74.2 Å². The number of hydrogen-bond acceptors (Lipinski definition) is 5. The number of anilines is 1. The Hall–Kier alpha value is -2.97.